The first kappa shape index (κ1) is 18.4. The van der Waals surface area contributed by atoms with Gasteiger partial charge in [0.05, 0.1) is 14.2 Å². The highest BCUT2D eigenvalue weighted by atomic mass is 16.5. The Balaban J connectivity index is 1.76. The number of ether oxygens (including phenoxy) is 2. The van der Waals surface area contributed by atoms with Crippen LogP contribution >= 0.6 is 0 Å². The van der Waals surface area contributed by atoms with Crippen molar-refractivity contribution in [1.82, 2.24) is 15.5 Å². The lowest BCUT2D eigenvalue weighted by molar-refractivity contribution is 0.232. The van der Waals surface area contributed by atoms with Crippen molar-refractivity contribution in [2.24, 2.45) is 4.99 Å². The van der Waals surface area contributed by atoms with E-state index in [1.54, 1.807) is 21.3 Å². The van der Waals surface area contributed by atoms with Crippen molar-refractivity contribution < 1.29 is 9.47 Å². The van der Waals surface area contributed by atoms with Gasteiger partial charge in [-0.3, -0.25) is 4.99 Å². The third kappa shape index (κ3) is 5.60. The number of piperidine rings is 1. The summed E-state index contributed by atoms with van der Waals surface area (Å²) >= 11 is 0. The van der Waals surface area contributed by atoms with E-state index in [-0.39, 0.29) is 0 Å². The molecule has 1 saturated heterocycles. The number of methoxy groups -OCH3 is 2. The zero-order chi connectivity index (χ0) is 17.2. The highest BCUT2D eigenvalue weighted by Crippen LogP contribution is 2.27. The van der Waals surface area contributed by atoms with Gasteiger partial charge in [-0.25, -0.2) is 0 Å². The Morgan fingerprint density at radius 3 is 2.50 bits per heavy atom. The molecule has 1 fully saturated rings. The molecule has 24 heavy (non-hydrogen) atoms. The molecular weight excluding hydrogens is 304 g/mol. The molecule has 0 saturated carbocycles. The second-order valence-electron chi connectivity index (χ2n) is 5.94. The highest BCUT2D eigenvalue weighted by Gasteiger charge is 2.09. The van der Waals surface area contributed by atoms with Crippen LogP contribution in [0.5, 0.6) is 11.5 Å². The van der Waals surface area contributed by atoms with Gasteiger partial charge >= 0.3 is 0 Å². The molecule has 0 amide bonds. The van der Waals surface area contributed by atoms with Crippen molar-refractivity contribution in [2.75, 3.05) is 47.4 Å². The lowest BCUT2D eigenvalue weighted by atomic mass is 10.1. The van der Waals surface area contributed by atoms with Crippen LogP contribution in [0, 0.1) is 0 Å². The third-order valence-electron chi connectivity index (χ3n) is 4.30. The van der Waals surface area contributed by atoms with Crippen molar-refractivity contribution in [1.29, 1.82) is 0 Å². The average molecular weight is 334 g/mol. The summed E-state index contributed by atoms with van der Waals surface area (Å²) in [5, 5.41) is 6.72. The van der Waals surface area contributed by atoms with Crippen LogP contribution in [0.15, 0.2) is 23.2 Å². The molecule has 1 aliphatic heterocycles. The van der Waals surface area contributed by atoms with E-state index >= 15 is 0 Å². The number of benzene rings is 1. The lowest BCUT2D eigenvalue weighted by Crippen LogP contribution is -2.42. The van der Waals surface area contributed by atoms with Crippen molar-refractivity contribution in [3.05, 3.63) is 23.8 Å². The minimum Gasteiger partial charge on any atom is -0.493 e. The van der Waals surface area contributed by atoms with Gasteiger partial charge in [0.2, 0.25) is 0 Å². The maximum Gasteiger partial charge on any atom is 0.191 e. The molecular formula is C18H30N4O2. The molecule has 2 N–H and O–H groups in total. The van der Waals surface area contributed by atoms with Crippen molar-refractivity contribution >= 4 is 5.96 Å². The van der Waals surface area contributed by atoms with Gasteiger partial charge in [0.25, 0.3) is 0 Å². The molecule has 1 aliphatic rings. The zero-order valence-electron chi connectivity index (χ0n) is 15.1. The Bertz CT molecular complexity index is 528. The molecule has 0 unspecified atom stereocenters. The van der Waals surface area contributed by atoms with E-state index in [0.29, 0.717) is 6.54 Å². The fraction of sp³-hybridized carbons (Fsp3) is 0.611. The van der Waals surface area contributed by atoms with Crippen LogP contribution in [0.4, 0.5) is 0 Å². The van der Waals surface area contributed by atoms with E-state index in [1.165, 1.54) is 32.4 Å². The van der Waals surface area contributed by atoms with E-state index in [4.69, 9.17) is 9.47 Å². The molecule has 0 spiro atoms. The van der Waals surface area contributed by atoms with Gasteiger partial charge in [-0.2, -0.15) is 0 Å². The van der Waals surface area contributed by atoms with E-state index in [1.807, 2.05) is 18.2 Å². The van der Waals surface area contributed by atoms with Crippen molar-refractivity contribution in [3.63, 3.8) is 0 Å². The van der Waals surface area contributed by atoms with Gasteiger partial charge < -0.3 is 25.0 Å². The predicted octanol–water partition coefficient (Wildman–Crippen LogP) is 1.85. The quantitative estimate of drug-likeness (QED) is 0.589. The van der Waals surface area contributed by atoms with Gasteiger partial charge in [0.15, 0.2) is 17.5 Å². The maximum atomic E-state index is 5.34. The molecule has 0 bridgehead atoms. The first-order valence-electron chi connectivity index (χ1n) is 8.64. The minimum absolute atomic E-state index is 0.684. The van der Waals surface area contributed by atoms with Crippen LogP contribution < -0.4 is 20.1 Å². The number of likely N-dealkylation sites (tertiary alicyclic amines) is 1. The van der Waals surface area contributed by atoms with Gasteiger partial charge in [0.1, 0.15) is 0 Å². The Kier molecular flexibility index (Phi) is 7.68. The molecule has 1 heterocycles. The summed E-state index contributed by atoms with van der Waals surface area (Å²) in [7, 11) is 5.09. The summed E-state index contributed by atoms with van der Waals surface area (Å²) < 4.78 is 10.6. The summed E-state index contributed by atoms with van der Waals surface area (Å²) in [6, 6.07) is 5.92. The summed E-state index contributed by atoms with van der Waals surface area (Å²) in [5.74, 6) is 2.30. The molecule has 0 atom stereocenters. The van der Waals surface area contributed by atoms with Gasteiger partial charge in [-0.05, 0) is 43.6 Å². The highest BCUT2D eigenvalue weighted by molar-refractivity contribution is 5.79. The van der Waals surface area contributed by atoms with Crippen LogP contribution in [0.2, 0.25) is 0 Å². The van der Waals surface area contributed by atoms with E-state index in [9.17, 15) is 0 Å². The number of nitrogens with zero attached hydrogens (tertiary/aromatic N) is 2. The van der Waals surface area contributed by atoms with Crippen LogP contribution in [-0.2, 0) is 6.54 Å². The number of guanidine groups is 1. The number of hydrogen-bond donors (Lipinski definition) is 2. The van der Waals surface area contributed by atoms with Crippen LogP contribution in [0.1, 0.15) is 24.8 Å². The molecule has 1 aromatic rings. The van der Waals surface area contributed by atoms with Gasteiger partial charge in [-0.15, -0.1) is 0 Å². The van der Waals surface area contributed by atoms with Gasteiger partial charge in [-0.1, -0.05) is 12.5 Å². The Morgan fingerprint density at radius 2 is 1.83 bits per heavy atom. The normalized spacial score (nSPS) is 15.9. The largest absolute Gasteiger partial charge is 0.493 e. The average Bonchev–Trinajstić information content (AvgIpc) is 2.65. The second kappa shape index (κ2) is 10.0. The first-order chi connectivity index (χ1) is 11.8. The molecule has 0 aromatic heterocycles. The molecule has 1 aromatic carbocycles. The number of aliphatic imine (C=N–C) groups is 1. The van der Waals surface area contributed by atoms with Crippen molar-refractivity contribution in [3.8, 4) is 11.5 Å². The zero-order valence-corrected chi connectivity index (χ0v) is 15.1. The molecule has 0 radical (unpaired) electrons. The molecule has 6 heteroatoms. The maximum absolute atomic E-state index is 5.34. The smallest absolute Gasteiger partial charge is 0.191 e. The predicted molar refractivity (Wildman–Crippen MR) is 98.0 cm³/mol. The summed E-state index contributed by atoms with van der Waals surface area (Å²) in [4.78, 5) is 6.79. The number of rotatable bonds is 7. The van der Waals surface area contributed by atoms with E-state index in [2.05, 4.69) is 20.5 Å². The molecule has 134 valence electrons. The molecule has 0 aliphatic carbocycles. The Labute approximate surface area is 145 Å². The monoisotopic (exact) mass is 334 g/mol. The summed E-state index contributed by atoms with van der Waals surface area (Å²) in [6.07, 6.45) is 4.02. The molecule has 2 rings (SSSR count). The van der Waals surface area contributed by atoms with E-state index in [0.717, 1.165) is 36.1 Å². The summed E-state index contributed by atoms with van der Waals surface area (Å²) in [5.41, 5.74) is 1.12. The SMILES string of the molecule is CN=C(NCCN1CCCCC1)NCc1ccc(OC)c(OC)c1. The van der Waals surface area contributed by atoms with Crippen molar-refractivity contribution in [2.45, 2.75) is 25.8 Å². The fourth-order valence-corrected chi connectivity index (χ4v) is 2.91. The first-order valence-corrected chi connectivity index (χ1v) is 8.64. The number of hydrogen-bond acceptors (Lipinski definition) is 4. The standard InChI is InChI=1S/C18H30N4O2/c1-19-18(20-9-12-22-10-5-4-6-11-22)21-14-15-7-8-16(23-2)17(13-15)24-3/h7-8,13H,4-6,9-12,14H2,1-3H3,(H2,19,20,21). The summed E-state index contributed by atoms with van der Waals surface area (Å²) in [6.45, 7) is 5.10. The van der Waals surface area contributed by atoms with Crippen LogP contribution in [0.25, 0.3) is 0 Å². The fourth-order valence-electron chi connectivity index (χ4n) is 2.91. The Hall–Kier alpha value is -1.95. The van der Waals surface area contributed by atoms with E-state index < -0.39 is 0 Å². The minimum atomic E-state index is 0.684. The molecule has 6 nitrogen and oxygen atoms in total. The topological polar surface area (TPSA) is 58.1 Å². The third-order valence-corrected chi connectivity index (χ3v) is 4.30. The number of nitrogens with one attached hydrogen (secondary N) is 2. The lowest BCUT2D eigenvalue weighted by Gasteiger charge is -2.26. The van der Waals surface area contributed by atoms with Gasteiger partial charge in [0, 0.05) is 26.7 Å². The van der Waals surface area contributed by atoms with Crippen LogP contribution in [0.3, 0.4) is 0 Å². The second-order valence-corrected chi connectivity index (χ2v) is 5.94. The van der Waals surface area contributed by atoms with Crippen LogP contribution in [-0.4, -0.2) is 58.3 Å². The Morgan fingerprint density at radius 1 is 1.08 bits per heavy atom.